The van der Waals surface area contributed by atoms with E-state index in [0.717, 1.165) is 0 Å². The van der Waals surface area contributed by atoms with E-state index in [4.69, 9.17) is 11.0 Å². The van der Waals surface area contributed by atoms with E-state index in [9.17, 15) is 24.6 Å². The number of aliphatic hydroxyl groups excluding tert-OH is 1. The average molecular weight is 382 g/mol. The number of aliphatic hydroxyl groups is 1. The number of hydrogen-bond donors (Lipinski definition) is 4. The van der Waals surface area contributed by atoms with Gasteiger partial charge in [-0.25, -0.2) is 4.79 Å². The Balaban J connectivity index is 2.27. The van der Waals surface area contributed by atoms with Crippen LogP contribution in [0.5, 0.6) is 0 Å². The maximum Gasteiger partial charge on any atom is 0.353 e. The van der Waals surface area contributed by atoms with Crippen LogP contribution in [0.4, 0.5) is 0 Å². The van der Waals surface area contributed by atoms with Gasteiger partial charge in [0, 0.05) is 29.5 Å². The van der Waals surface area contributed by atoms with Crippen LogP contribution in [0.1, 0.15) is 19.8 Å². The number of carboxylic acids is 1. The lowest BCUT2D eigenvalue weighted by molar-refractivity contribution is -0.163. The molecule has 0 aromatic heterocycles. The summed E-state index contributed by atoms with van der Waals surface area (Å²) in [7, 11) is 0. The summed E-state index contributed by atoms with van der Waals surface area (Å²) in [5, 5.41) is 30.9. The van der Waals surface area contributed by atoms with Gasteiger partial charge in [-0.05, 0) is 13.3 Å². The molecule has 1 unspecified atom stereocenters. The zero-order valence-corrected chi connectivity index (χ0v) is 15.2. The van der Waals surface area contributed by atoms with Gasteiger partial charge in [-0.1, -0.05) is 0 Å². The van der Waals surface area contributed by atoms with Crippen LogP contribution in [0.3, 0.4) is 0 Å². The first-order chi connectivity index (χ1) is 12.3. The summed E-state index contributed by atoms with van der Waals surface area (Å²) in [5.41, 5.74) is 5.18. The zero-order chi connectivity index (χ0) is 19.4. The molecule has 0 radical (unpaired) electrons. The molecule has 142 valence electrons. The zero-order valence-electron chi connectivity index (χ0n) is 14.3. The fraction of sp³-hybridized carbons (Fsp3) is 0.625. The van der Waals surface area contributed by atoms with Crippen LogP contribution < -0.4 is 11.1 Å². The van der Waals surface area contributed by atoms with Crippen molar-refractivity contribution in [1.29, 1.82) is 5.26 Å². The van der Waals surface area contributed by atoms with Crippen LogP contribution in [0.2, 0.25) is 0 Å². The van der Waals surface area contributed by atoms with Crippen molar-refractivity contribution < 1.29 is 24.6 Å². The Hall–Kier alpha value is -2.09. The van der Waals surface area contributed by atoms with Crippen molar-refractivity contribution in [2.24, 2.45) is 17.6 Å². The lowest BCUT2D eigenvalue weighted by Crippen LogP contribution is -2.64. The molecule has 9 nitrogen and oxygen atoms in total. The number of thioether (sulfide) groups is 1. The van der Waals surface area contributed by atoms with Gasteiger partial charge in [0.25, 0.3) is 0 Å². The molecule has 0 aliphatic carbocycles. The molecule has 4 atom stereocenters. The third-order valence-corrected chi connectivity index (χ3v) is 5.78. The van der Waals surface area contributed by atoms with Gasteiger partial charge in [-0.15, -0.1) is 11.8 Å². The maximum absolute atomic E-state index is 12.4. The summed E-state index contributed by atoms with van der Waals surface area (Å²) >= 11 is 1.24. The SMILES string of the molecule is C[C@@H](O)[C@H]1C(=O)N2C(C(=O)O)=C(SCCC#N)[C@H](CCNC(=O)CN)C12. The monoisotopic (exact) mass is 382 g/mol. The number of nitrogens with zero attached hydrogens (tertiary/aromatic N) is 2. The molecule has 0 aromatic carbocycles. The van der Waals surface area contributed by atoms with Crippen molar-refractivity contribution in [2.45, 2.75) is 31.9 Å². The van der Waals surface area contributed by atoms with Gasteiger partial charge >= 0.3 is 5.97 Å². The number of aliphatic carboxylic acids is 1. The molecule has 2 heterocycles. The molecule has 0 spiro atoms. The largest absolute Gasteiger partial charge is 0.477 e. The second-order valence-corrected chi connectivity index (χ2v) is 7.33. The molecular weight excluding hydrogens is 360 g/mol. The first kappa shape index (κ1) is 20.2. The fourth-order valence-corrected chi connectivity index (χ4v) is 4.70. The van der Waals surface area contributed by atoms with Gasteiger partial charge in [0.1, 0.15) is 5.70 Å². The van der Waals surface area contributed by atoms with Gasteiger partial charge in [-0.3, -0.25) is 9.59 Å². The van der Waals surface area contributed by atoms with E-state index in [-0.39, 0.29) is 37.0 Å². The highest BCUT2D eigenvalue weighted by atomic mass is 32.2. The number of β-lactam (4-membered cyclic amide) rings is 1. The number of nitriles is 1. The average Bonchev–Trinajstić information content (AvgIpc) is 2.85. The lowest BCUT2D eigenvalue weighted by Gasteiger charge is -2.47. The number of nitrogens with two attached hydrogens (primary N) is 1. The number of carbonyl (C=O) groups excluding carboxylic acids is 2. The van der Waals surface area contributed by atoms with Crippen LogP contribution in [-0.4, -0.2) is 63.9 Å². The molecule has 2 aliphatic rings. The first-order valence-electron chi connectivity index (χ1n) is 8.30. The summed E-state index contributed by atoms with van der Waals surface area (Å²) in [6.07, 6.45) is -0.242. The van der Waals surface area contributed by atoms with Crippen molar-refractivity contribution in [1.82, 2.24) is 10.2 Å². The van der Waals surface area contributed by atoms with Crippen LogP contribution in [-0.2, 0) is 14.4 Å². The van der Waals surface area contributed by atoms with E-state index in [2.05, 4.69) is 5.32 Å². The van der Waals surface area contributed by atoms with Crippen LogP contribution in [0, 0.1) is 23.2 Å². The number of nitrogens with one attached hydrogen (secondary N) is 1. The minimum Gasteiger partial charge on any atom is -0.477 e. The second-order valence-electron chi connectivity index (χ2n) is 6.19. The Morgan fingerprint density at radius 2 is 2.19 bits per heavy atom. The van der Waals surface area contributed by atoms with Crippen molar-refractivity contribution in [3.63, 3.8) is 0 Å². The second kappa shape index (κ2) is 8.53. The Labute approximate surface area is 155 Å². The van der Waals surface area contributed by atoms with E-state index in [1.807, 2.05) is 6.07 Å². The van der Waals surface area contributed by atoms with E-state index in [1.165, 1.54) is 23.6 Å². The molecular formula is C16H22N4O5S. The molecule has 0 bridgehead atoms. The van der Waals surface area contributed by atoms with Crippen molar-refractivity contribution in [3.8, 4) is 6.07 Å². The third kappa shape index (κ3) is 3.70. The quantitative estimate of drug-likeness (QED) is 0.299. The smallest absolute Gasteiger partial charge is 0.353 e. The highest BCUT2D eigenvalue weighted by Gasteiger charge is 2.60. The normalized spacial score (nSPS) is 25.4. The minimum absolute atomic E-state index is 0.0741. The summed E-state index contributed by atoms with van der Waals surface area (Å²) in [5.74, 6) is -2.52. The van der Waals surface area contributed by atoms with Crippen molar-refractivity contribution in [2.75, 3.05) is 18.8 Å². The summed E-state index contributed by atoms with van der Waals surface area (Å²) in [4.78, 5) is 37.2. The predicted octanol–water partition coefficient (Wildman–Crippen LogP) is -0.768. The molecule has 1 saturated heterocycles. The summed E-state index contributed by atoms with van der Waals surface area (Å²) in [6.45, 7) is 1.64. The fourth-order valence-electron chi connectivity index (χ4n) is 3.49. The molecule has 10 heteroatoms. The Bertz CT molecular complexity index is 672. The van der Waals surface area contributed by atoms with Crippen LogP contribution in [0.15, 0.2) is 10.6 Å². The van der Waals surface area contributed by atoms with Gasteiger partial charge in [0.2, 0.25) is 11.8 Å². The molecule has 2 aliphatic heterocycles. The van der Waals surface area contributed by atoms with Gasteiger partial charge in [0.05, 0.1) is 30.7 Å². The Kier molecular flexibility index (Phi) is 6.63. The number of carboxylic acid groups (broad SMARTS) is 1. The van der Waals surface area contributed by atoms with Gasteiger partial charge in [-0.2, -0.15) is 5.26 Å². The third-order valence-electron chi connectivity index (χ3n) is 4.57. The van der Waals surface area contributed by atoms with Crippen LogP contribution in [0.25, 0.3) is 0 Å². The number of rotatable bonds is 9. The lowest BCUT2D eigenvalue weighted by atomic mass is 9.77. The van der Waals surface area contributed by atoms with E-state index in [0.29, 0.717) is 17.1 Å². The Morgan fingerprint density at radius 1 is 1.50 bits per heavy atom. The molecule has 2 amide bonds. The topological polar surface area (TPSA) is 157 Å². The number of fused-ring (bicyclic) bond motifs is 1. The van der Waals surface area contributed by atoms with Crippen molar-refractivity contribution >= 4 is 29.5 Å². The van der Waals surface area contributed by atoms with Crippen LogP contribution >= 0.6 is 11.8 Å². The predicted molar refractivity (Wildman–Crippen MR) is 93.3 cm³/mol. The minimum atomic E-state index is -1.21. The summed E-state index contributed by atoms with van der Waals surface area (Å²) < 4.78 is 0. The number of amides is 2. The standard InChI is InChI=1S/C16H22N4O5S/c1-8(21)11-12-9(3-5-19-10(22)7-18)14(26-6-2-4-17)13(16(24)25)20(12)15(11)23/h8-9,11-12,21H,2-3,5-7,18H2,1H3,(H,19,22)(H,24,25)/t8-,9-,11-,12?/m1/s1. The number of carbonyl (C=O) groups is 3. The van der Waals surface area contributed by atoms with E-state index >= 15 is 0 Å². The maximum atomic E-state index is 12.4. The number of hydrogen-bond acceptors (Lipinski definition) is 7. The van der Waals surface area contributed by atoms with Gasteiger partial charge in [0.15, 0.2) is 0 Å². The molecule has 0 saturated carbocycles. The molecule has 5 N–H and O–H groups in total. The molecule has 1 fully saturated rings. The highest BCUT2D eigenvalue weighted by molar-refractivity contribution is 8.03. The molecule has 26 heavy (non-hydrogen) atoms. The molecule has 2 rings (SSSR count). The van der Waals surface area contributed by atoms with Gasteiger partial charge < -0.3 is 26.2 Å². The summed E-state index contributed by atoms with van der Waals surface area (Å²) in [6, 6.07) is 1.56. The Morgan fingerprint density at radius 3 is 2.73 bits per heavy atom. The van der Waals surface area contributed by atoms with Crippen molar-refractivity contribution in [3.05, 3.63) is 10.6 Å². The first-order valence-corrected chi connectivity index (χ1v) is 9.28. The van der Waals surface area contributed by atoms with E-state index in [1.54, 1.807) is 0 Å². The highest BCUT2D eigenvalue weighted by Crippen LogP contribution is 2.51. The van der Waals surface area contributed by atoms with E-state index < -0.39 is 29.9 Å². The molecule has 0 aromatic rings.